The van der Waals surface area contributed by atoms with Crippen molar-refractivity contribution in [1.29, 1.82) is 0 Å². The minimum Gasteiger partial charge on any atom is -0.298 e. The highest BCUT2D eigenvalue weighted by molar-refractivity contribution is 6.18. The molecule has 1 atom stereocenters. The lowest BCUT2D eigenvalue weighted by molar-refractivity contribution is -0.132. The highest BCUT2D eigenvalue weighted by Gasteiger charge is 2.59. The fourth-order valence-electron chi connectivity index (χ4n) is 4.19. The van der Waals surface area contributed by atoms with Gasteiger partial charge in [-0.2, -0.15) is 0 Å². The molecule has 2 aromatic rings. The van der Waals surface area contributed by atoms with Gasteiger partial charge in [-0.1, -0.05) is 85.5 Å². The fourth-order valence-corrected chi connectivity index (χ4v) is 4.19. The third-order valence-corrected chi connectivity index (χ3v) is 5.51. The van der Waals surface area contributed by atoms with E-state index >= 15 is 0 Å². The van der Waals surface area contributed by atoms with Gasteiger partial charge in [0.1, 0.15) is 5.41 Å². The van der Waals surface area contributed by atoms with Gasteiger partial charge in [-0.3, -0.25) is 9.59 Å². The summed E-state index contributed by atoms with van der Waals surface area (Å²) in [5.41, 5.74) is 2.47. The molecule has 2 aromatic carbocycles. The Kier molecular flexibility index (Phi) is 4.04. The van der Waals surface area contributed by atoms with Gasteiger partial charge < -0.3 is 0 Å². The average molecular weight is 340 g/mol. The molecular formula is C24H20O2. The van der Waals surface area contributed by atoms with Gasteiger partial charge in [0.15, 0.2) is 11.6 Å². The summed E-state index contributed by atoms with van der Waals surface area (Å²) in [5.74, 6) is -0.268. The second-order valence-corrected chi connectivity index (χ2v) is 6.89. The van der Waals surface area contributed by atoms with Gasteiger partial charge in [0, 0.05) is 18.8 Å². The average Bonchev–Trinajstić information content (AvgIpc) is 3.15. The molecule has 0 bridgehead atoms. The van der Waals surface area contributed by atoms with Gasteiger partial charge in [0.25, 0.3) is 0 Å². The van der Waals surface area contributed by atoms with E-state index in [1.807, 2.05) is 78.9 Å². The molecule has 0 N–H and O–H groups in total. The Morgan fingerprint density at radius 1 is 0.846 bits per heavy atom. The monoisotopic (exact) mass is 340 g/mol. The zero-order valence-electron chi connectivity index (χ0n) is 14.5. The van der Waals surface area contributed by atoms with E-state index in [1.165, 1.54) is 0 Å². The van der Waals surface area contributed by atoms with Crippen molar-refractivity contribution in [2.45, 2.75) is 18.8 Å². The van der Waals surface area contributed by atoms with Crippen LogP contribution in [0.2, 0.25) is 0 Å². The molecule has 26 heavy (non-hydrogen) atoms. The second-order valence-electron chi connectivity index (χ2n) is 6.89. The van der Waals surface area contributed by atoms with E-state index in [0.29, 0.717) is 18.4 Å². The predicted octanol–water partition coefficient (Wildman–Crippen LogP) is 4.90. The van der Waals surface area contributed by atoms with Crippen molar-refractivity contribution in [3.05, 3.63) is 102 Å². The van der Waals surface area contributed by atoms with Crippen molar-refractivity contribution >= 4 is 17.6 Å². The molecule has 0 saturated heterocycles. The van der Waals surface area contributed by atoms with E-state index in [9.17, 15) is 9.59 Å². The molecule has 2 aliphatic carbocycles. The number of carbonyl (C=O) groups excluding carboxylic acids is 2. The number of benzene rings is 2. The Hall–Kier alpha value is -3.00. The highest BCUT2D eigenvalue weighted by atomic mass is 16.2. The van der Waals surface area contributed by atoms with Crippen LogP contribution in [0.1, 0.15) is 29.9 Å². The molecule has 2 aliphatic rings. The summed E-state index contributed by atoms with van der Waals surface area (Å²) in [5, 5.41) is 0. The largest absolute Gasteiger partial charge is 0.298 e. The Morgan fingerprint density at radius 2 is 1.42 bits per heavy atom. The quantitative estimate of drug-likeness (QED) is 0.745. The van der Waals surface area contributed by atoms with Crippen LogP contribution in [0.3, 0.4) is 0 Å². The molecule has 1 unspecified atom stereocenters. The predicted molar refractivity (Wildman–Crippen MR) is 104 cm³/mol. The summed E-state index contributed by atoms with van der Waals surface area (Å²) in [6.45, 7) is 4.20. The Morgan fingerprint density at radius 3 is 2.04 bits per heavy atom. The molecule has 4 rings (SSSR count). The number of rotatable bonds is 3. The summed E-state index contributed by atoms with van der Waals surface area (Å²) in [7, 11) is 0. The minimum atomic E-state index is -1.11. The molecule has 1 saturated carbocycles. The van der Waals surface area contributed by atoms with Crippen LogP contribution >= 0.6 is 0 Å². The first kappa shape index (κ1) is 16.5. The maximum atomic E-state index is 12.9. The Labute approximate surface area is 153 Å². The van der Waals surface area contributed by atoms with Crippen LogP contribution < -0.4 is 0 Å². The van der Waals surface area contributed by atoms with Crippen molar-refractivity contribution in [2.24, 2.45) is 5.41 Å². The third kappa shape index (κ3) is 2.41. The van der Waals surface area contributed by atoms with E-state index in [-0.39, 0.29) is 17.5 Å². The van der Waals surface area contributed by atoms with E-state index in [0.717, 1.165) is 16.7 Å². The van der Waals surface area contributed by atoms with Gasteiger partial charge in [-0.25, -0.2) is 0 Å². The van der Waals surface area contributed by atoms with Crippen LogP contribution in [0.15, 0.2) is 90.5 Å². The number of carbonyl (C=O) groups is 2. The second kappa shape index (κ2) is 6.38. The van der Waals surface area contributed by atoms with Gasteiger partial charge in [-0.15, -0.1) is 0 Å². The molecule has 0 aliphatic heterocycles. The first-order chi connectivity index (χ1) is 12.6. The topological polar surface area (TPSA) is 34.1 Å². The molecule has 2 nitrogen and oxygen atoms in total. The number of ketones is 2. The van der Waals surface area contributed by atoms with Gasteiger partial charge in [-0.05, 0) is 22.3 Å². The Balaban J connectivity index is 1.79. The number of hydrogen-bond acceptors (Lipinski definition) is 2. The molecule has 2 heteroatoms. The number of allylic oxidation sites excluding steroid dienone is 4. The summed E-state index contributed by atoms with van der Waals surface area (Å²) in [4.78, 5) is 25.8. The first-order valence-electron chi connectivity index (χ1n) is 8.90. The van der Waals surface area contributed by atoms with Crippen molar-refractivity contribution in [2.75, 3.05) is 0 Å². The van der Waals surface area contributed by atoms with Crippen molar-refractivity contribution in [3.8, 4) is 0 Å². The van der Waals surface area contributed by atoms with Crippen molar-refractivity contribution < 1.29 is 9.59 Å². The zero-order valence-corrected chi connectivity index (χ0v) is 14.5. The van der Waals surface area contributed by atoms with E-state index in [1.54, 1.807) is 0 Å². The maximum Gasteiger partial charge on any atom is 0.152 e. The zero-order chi connectivity index (χ0) is 18.1. The van der Waals surface area contributed by atoms with Crippen LogP contribution in [-0.4, -0.2) is 11.6 Å². The van der Waals surface area contributed by atoms with E-state index in [4.69, 9.17) is 0 Å². The number of hydrogen-bond donors (Lipinski definition) is 0. The van der Waals surface area contributed by atoms with Crippen molar-refractivity contribution in [3.63, 3.8) is 0 Å². The SMILES string of the molecule is C=C1C(/C=C\c2ccccc2)=CC(c2ccccc2)C12C(=O)CCC2=O. The Bertz CT molecular complexity index is 917. The highest BCUT2D eigenvalue weighted by Crippen LogP contribution is 2.56. The minimum absolute atomic E-state index is 0.000661. The molecule has 0 aromatic heterocycles. The molecule has 1 fully saturated rings. The third-order valence-electron chi connectivity index (χ3n) is 5.51. The summed E-state index contributed by atoms with van der Waals surface area (Å²) in [6.07, 6.45) is 6.64. The molecule has 0 amide bonds. The summed E-state index contributed by atoms with van der Waals surface area (Å²) >= 11 is 0. The van der Waals surface area contributed by atoms with Crippen LogP contribution in [0.5, 0.6) is 0 Å². The summed E-state index contributed by atoms with van der Waals surface area (Å²) < 4.78 is 0. The molecular weight excluding hydrogens is 320 g/mol. The van der Waals surface area contributed by atoms with Gasteiger partial charge in [0.05, 0.1) is 0 Å². The standard InChI is InChI=1S/C24H20O2/c1-17-20(13-12-18-8-4-2-5-9-18)16-21(19-10-6-3-7-11-19)24(17)22(25)14-15-23(24)26/h2-13,16,21H,1,14-15H2/b13-12-. The lowest BCUT2D eigenvalue weighted by Gasteiger charge is -2.30. The van der Waals surface area contributed by atoms with Crippen LogP contribution in [-0.2, 0) is 9.59 Å². The first-order valence-corrected chi connectivity index (χ1v) is 8.90. The van der Waals surface area contributed by atoms with E-state index < -0.39 is 5.41 Å². The van der Waals surface area contributed by atoms with Crippen molar-refractivity contribution in [1.82, 2.24) is 0 Å². The lowest BCUT2D eigenvalue weighted by Crippen LogP contribution is -2.37. The normalized spacial score (nSPS) is 21.8. The van der Waals surface area contributed by atoms with E-state index in [2.05, 4.69) is 6.58 Å². The van der Waals surface area contributed by atoms with Crippen LogP contribution in [0.4, 0.5) is 0 Å². The van der Waals surface area contributed by atoms with Gasteiger partial charge >= 0.3 is 0 Å². The number of Topliss-reactive ketones (excluding diaryl/α,β-unsaturated/α-hetero) is 2. The molecule has 128 valence electrons. The maximum absolute atomic E-state index is 12.9. The lowest BCUT2D eigenvalue weighted by atomic mass is 9.68. The van der Waals surface area contributed by atoms with Gasteiger partial charge in [0.2, 0.25) is 0 Å². The van der Waals surface area contributed by atoms with Crippen LogP contribution in [0, 0.1) is 5.41 Å². The van der Waals surface area contributed by atoms with Crippen LogP contribution in [0.25, 0.3) is 6.08 Å². The molecule has 1 spiro atoms. The molecule has 0 radical (unpaired) electrons. The smallest absolute Gasteiger partial charge is 0.152 e. The fraction of sp³-hybridized carbons (Fsp3) is 0.167. The summed E-state index contributed by atoms with van der Waals surface area (Å²) in [6, 6.07) is 19.8. The molecule has 0 heterocycles.